The van der Waals surface area contributed by atoms with E-state index in [1.165, 1.54) is 0 Å². The van der Waals surface area contributed by atoms with Gasteiger partial charge in [-0.05, 0) is 30.0 Å². The molecular weight excluding hydrogens is 394 g/mol. The fourth-order valence-corrected chi connectivity index (χ4v) is 4.13. The second kappa shape index (κ2) is 7.96. The van der Waals surface area contributed by atoms with Crippen LogP contribution in [0.4, 0.5) is 0 Å². The predicted octanol–water partition coefficient (Wildman–Crippen LogP) is 2.45. The fraction of sp³-hybridized carbons (Fsp3) is 0.304. The molecule has 31 heavy (non-hydrogen) atoms. The van der Waals surface area contributed by atoms with Gasteiger partial charge >= 0.3 is 0 Å². The fourth-order valence-electron chi connectivity index (χ4n) is 4.13. The van der Waals surface area contributed by atoms with E-state index in [1.807, 2.05) is 47.4 Å². The third-order valence-corrected chi connectivity index (χ3v) is 5.85. The minimum absolute atomic E-state index is 0.0763. The quantitative estimate of drug-likeness (QED) is 0.707. The molecule has 1 aromatic carbocycles. The summed E-state index contributed by atoms with van der Waals surface area (Å²) in [5.74, 6) is 0.168. The number of aromatic nitrogens is 4. The largest absolute Gasteiger partial charge is 0.378 e. The molecule has 1 saturated heterocycles. The van der Waals surface area contributed by atoms with Gasteiger partial charge in [0.1, 0.15) is 5.69 Å². The van der Waals surface area contributed by atoms with E-state index in [2.05, 4.69) is 22.2 Å². The second-order valence-electron chi connectivity index (χ2n) is 7.94. The maximum Gasteiger partial charge on any atom is 0.258 e. The monoisotopic (exact) mass is 417 g/mol. The van der Waals surface area contributed by atoms with Gasteiger partial charge < -0.3 is 14.6 Å². The van der Waals surface area contributed by atoms with E-state index < -0.39 is 0 Å². The summed E-state index contributed by atoms with van der Waals surface area (Å²) in [5.41, 5.74) is 3.32. The lowest BCUT2D eigenvalue weighted by molar-refractivity contribution is -0.131. The Morgan fingerprint density at radius 2 is 2.00 bits per heavy atom. The number of nitrogens with one attached hydrogen (secondary N) is 1. The molecule has 3 aromatic rings. The van der Waals surface area contributed by atoms with E-state index in [9.17, 15) is 9.59 Å². The molecule has 0 spiro atoms. The van der Waals surface area contributed by atoms with Gasteiger partial charge in [-0.25, -0.2) is 4.68 Å². The summed E-state index contributed by atoms with van der Waals surface area (Å²) in [6.45, 7) is 4.51. The number of H-pyrrole nitrogens is 1. The number of ether oxygens (including phenoxy) is 1. The number of para-hydroxylation sites is 1. The Hall–Kier alpha value is -3.52. The van der Waals surface area contributed by atoms with Crippen molar-refractivity contribution in [2.75, 3.05) is 26.3 Å². The molecule has 8 nitrogen and oxygen atoms in total. The highest BCUT2D eigenvalue weighted by Crippen LogP contribution is 2.30. The zero-order valence-corrected chi connectivity index (χ0v) is 17.2. The summed E-state index contributed by atoms with van der Waals surface area (Å²) in [6.07, 6.45) is 6.19. The molecule has 2 aliphatic rings. The Morgan fingerprint density at radius 1 is 1.19 bits per heavy atom. The number of carbonyl (C=O) groups excluding carboxylic acids is 1. The minimum atomic E-state index is -0.199. The van der Waals surface area contributed by atoms with E-state index in [-0.39, 0.29) is 17.4 Å². The number of benzene rings is 1. The van der Waals surface area contributed by atoms with Crippen LogP contribution in [0.3, 0.4) is 0 Å². The average Bonchev–Trinajstić information content (AvgIpc) is 3.28. The Bertz CT molecular complexity index is 1260. The first-order valence-corrected chi connectivity index (χ1v) is 10.4. The van der Waals surface area contributed by atoms with Crippen molar-refractivity contribution in [2.45, 2.75) is 13.3 Å². The highest BCUT2D eigenvalue weighted by atomic mass is 16.5. The summed E-state index contributed by atoms with van der Waals surface area (Å²) in [5, 5.41) is 9.42. The van der Waals surface area contributed by atoms with Crippen LogP contribution in [0.5, 0.6) is 0 Å². The summed E-state index contributed by atoms with van der Waals surface area (Å²) in [4.78, 5) is 30.1. The lowest BCUT2D eigenvalue weighted by atomic mass is 9.92. The lowest BCUT2D eigenvalue weighted by Crippen LogP contribution is -2.41. The summed E-state index contributed by atoms with van der Waals surface area (Å²) in [6, 6.07) is 9.46. The number of pyridine rings is 1. The molecule has 1 N–H and O–H groups in total. The molecule has 8 heteroatoms. The lowest BCUT2D eigenvalue weighted by Gasteiger charge is -2.29. The first-order valence-electron chi connectivity index (χ1n) is 10.4. The van der Waals surface area contributed by atoms with Gasteiger partial charge in [0.25, 0.3) is 5.56 Å². The standard InChI is InChI=1S/C23H23N5O3/c1-15-12-17(23(30)27-8-10-31-11-9-27)6-7-21(15)28-14-20(25-26-28)18-13-16-4-2-3-5-19(16)24-22(18)29/h2-7,13-15H,8-12H2,1H3,(H,24,29). The smallest absolute Gasteiger partial charge is 0.258 e. The highest BCUT2D eigenvalue weighted by molar-refractivity contribution is 5.94. The molecule has 5 rings (SSSR count). The van der Waals surface area contributed by atoms with Gasteiger partial charge in [-0.2, -0.15) is 0 Å². The molecule has 2 aromatic heterocycles. The van der Waals surface area contributed by atoms with Gasteiger partial charge in [-0.1, -0.05) is 36.4 Å². The van der Waals surface area contributed by atoms with Crippen LogP contribution in [0, 0.1) is 5.92 Å². The number of fused-ring (bicyclic) bond motifs is 1. The zero-order valence-electron chi connectivity index (χ0n) is 17.2. The maximum absolute atomic E-state index is 12.8. The number of aromatic amines is 1. The Morgan fingerprint density at radius 3 is 2.81 bits per heavy atom. The maximum atomic E-state index is 12.8. The third kappa shape index (κ3) is 3.70. The van der Waals surface area contributed by atoms with Crippen LogP contribution in [0.15, 0.2) is 59.0 Å². The molecule has 158 valence electrons. The molecular formula is C23H23N5O3. The molecule has 1 aliphatic carbocycles. The number of carbonyl (C=O) groups is 1. The SMILES string of the molecule is CC1CC(C(=O)N2CCOCC2)=CC=C1n1cc(-c2cc3ccccc3[nH]c2=O)nn1. The number of allylic oxidation sites excluding steroid dienone is 3. The van der Waals surface area contributed by atoms with Gasteiger partial charge in [0, 0.05) is 35.8 Å². The Balaban J connectivity index is 1.42. The van der Waals surface area contributed by atoms with Crippen molar-refractivity contribution < 1.29 is 9.53 Å². The summed E-state index contributed by atoms with van der Waals surface area (Å²) in [7, 11) is 0. The molecule has 1 atom stereocenters. The second-order valence-corrected chi connectivity index (χ2v) is 7.94. The number of rotatable bonds is 3. The van der Waals surface area contributed by atoms with E-state index in [0.29, 0.717) is 44.0 Å². The topological polar surface area (TPSA) is 93.1 Å². The molecule has 1 aliphatic heterocycles. The van der Waals surface area contributed by atoms with Gasteiger partial charge in [0.15, 0.2) is 0 Å². The van der Waals surface area contributed by atoms with Crippen molar-refractivity contribution in [1.29, 1.82) is 0 Å². The van der Waals surface area contributed by atoms with Crippen LogP contribution < -0.4 is 5.56 Å². The first-order chi connectivity index (χ1) is 15.1. The molecule has 3 heterocycles. The highest BCUT2D eigenvalue weighted by Gasteiger charge is 2.26. The van der Waals surface area contributed by atoms with Crippen LogP contribution in [-0.4, -0.2) is 57.1 Å². The van der Waals surface area contributed by atoms with Crippen molar-refractivity contribution in [1.82, 2.24) is 24.9 Å². The molecule has 1 amide bonds. The minimum Gasteiger partial charge on any atom is -0.378 e. The molecule has 0 radical (unpaired) electrons. The number of nitrogens with zero attached hydrogens (tertiary/aromatic N) is 4. The molecule has 0 saturated carbocycles. The van der Waals surface area contributed by atoms with Crippen LogP contribution in [0.2, 0.25) is 0 Å². The normalized spacial score (nSPS) is 19.3. The van der Waals surface area contributed by atoms with Gasteiger partial charge in [0.05, 0.1) is 25.0 Å². The van der Waals surface area contributed by atoms with Crippen molar-refractivity contribution in [3.05, 3.63) is 64.6 Å². The van der Waals surface area contributed by atoms with Crippen molar-refractivity contribution in [3.63, 3.8) is 0 Å². The Kier molecular flexibility index (Phi) is 4.99. The average molecular weight is 417 g/mol. The van der Waals surface area contributed by atoms with Gasteiger partial charge in [-0.15, -0.1) is 5.10 Å². The van der Waals surface area contributed by atoms with E-state index >= 15 is 0 Å². The van der Waals surface area contributed by atoms with Gasteiger partial charge in [0.2, 0.25) is 5.91 Å². The number of hydrogen-bond donors (Lipinski definition) is 1. The summed E-state index contributed by atoms with van der Waals surface area (Å²) >= 11 is 0. The van der Waals surface area contributed by atoms with Crippen molar-refractivity contribution in [3.8, 4) is 11.3 Å². The van der Waals surface area contributed by atoms with Crippen LogP contribution in [-0.2, 0) is 9.53 Å². The van der Waals surface area contributed by atoms with Gasteiger partial charge in [-0.3, -0.25) is 9.59 Å². The predicted molar refractivity (Wildman–Crippen MR) is 117 cm³/mol. The zero-order chi connectivity index (χ0) is 21.4. The van der Waals surface area contributed by atoms with Crippen molar-refractivity contribution >= 4 is 22.5 Å². The van der Waals surface area contributed by atoms with Crippen LogP contribution >= 0.6 is 0 Å². The Labute approximate surface area is 178 Å². The first kappa shape index (κ1) is 19.4. The third-order valence-electron chi connectivity index (χ3n) is 5.85. The molecule has 0 bridgehead atoms. The van der Waals surface area contributed by atoms with Crippen LogP contribution in [0.1, 0.15) is 13.3 Å². The van der Waals surface area contributed by atoms with E-state index in [0.717, 1.165) is 22.2 Å². The molecule has 1 unspecified atom stereocenters. The number of morpholine rings is 1. The van der Waals surface area contributed by atoms with E-state index in [1.54, 1.807) is 10.9 Å². The number of amides is 1. The van der Waals surface area contributed by atoms with Crippen LogP contribution in [0.25, 0.3) is 27.9 Å². The van der Waals surface area contributed by atoms with Crippen molar-refractivity contribution in [2.24, 2.45) is 5.92 Å². The summed E-state index contributed by atoms with van der Waals surface area (Å²) < 4.78 is 7.03. The number of hydrogen-bond acceptors (Lipinski definition) is 5. The molecule has 1 fully saturated rings. The van der Waals surface area contributed by atoms with E-state index in [4.69, 9.17) is 4.74 Å².